The van der Waals surface area contributed by atoms with Crippen LogP contribution in [0.3, 0.4) is 0 Å². The van der Waals surface area contributed by atoms with Gasteiger partial charge in [-0.25, -0.2) is 0 Å². The molecule has 0 saturated carbocycles. The van der Waals surface area contributed by atoms with Crippen LogP contribution in [0.4, 0.5) is 0 Å². The lowest BCUT2D eigenvalue weighted by molar-refractivity contribution is 0.375. The summed E-state index contributed by atoms with van der Waals surface area (Å²) in [5, 5.41) is 0. The summed E-state index contributed by atoms with van der Waals surface area (Å²) in [6.07, 6.45) is 0. The Morgan fingerprint density at radius 3 is 2.23 bits per heavy atom. The molecule has 0 unspecified atom stereocenters. The van der Waals surface area contributed by atoms with E-state index in [1.165, 1.54) is 15.8 Å². The molecule has 0 spiro atoms. The van der Waals surface area contributed by atoms with Crippen LogP contribution in [-0.2, 0) is 10.5 Å². The molecule has 1 aromatic rings. The van der Waals surface area contributed by atoms with Gasteiger partial charge in [-0.2, -0.15) is 0 Å². The van der Waals surface area contributed by atoms with E-state index in [9.17, 15) is 0 Å². The summed E-state index contributed by atoms with van der Waals surface area (Å²) in [6.45, 7) is 2.87. The molecule has 1 rings (SSSR count). The van der Waals surface area contributed by atoms with Gasteiger partial charge in [0.15, 0.2) is 0 Å². The molecule has 0 aliphatic carbocycles. The van der Waals surface area contributed by atoms with Crippen LogP contribution in [0, 0.1) is 0 Å². The second kappa shape index (κ2) is 9.92. The van der Waals surface area contributed by atoms with Crippen molar-refractivity contribution in [2.45, 2.75) is 13.0 Å². The zero-order valence-electron chi connectivity index (χ0n) is 8.92. The van der Waals surface area contributed by atoms with Crippen LogP contribution in [0.15, 0.2) is 30.3 Å². The second-order valence-corrected chi connectivity index (χ2v) is 7.89. The highest BCUT2D eigenvalue weighted by molar-refractivity contribution is 6.89. The van der Waals surface area contributed by atoms with Crippen molar-refractivity contribution < 1.29 is 4.43 Å². The molecule has 0 amide bonds. The van der Waals surface area contributed by atoms with Crippen molar-refractivity contribution in [1.82, 2.24) is 0 Å². The van der Waals surface area contributed by atoms with Gasteiger partial charge in [0.1, 0.15) is 10.5 Å². The first-order valence-corrected chi connectivity index (χ1v) is 12.3. The van der Waals surface area contributed by atoms with Gasteiger partial charge >= 0.3 is 0 Å². The highest BCUT2D eigenvalue weighted by Crippen LogP contribution is 1.96. The van der Waals surface area contributed by atoms with E-state index in [2.05, 4.69) is 34.8 Å². The smallest absolute Gasteiger partial charge is 0.145 e. The Kier molecular flexibility index (Phi) is 9.79. The van der Waals surface area contributed by atoms with Gasteiger partial charge in [-0.15, -0.1) is 0 Å². The number of hydrogen-bond donors (Lipinski definition) is 0. The molecule has 0 radical (unpaired) electrons. The Morgan fingerprint density at radius 1 is 1.31 bits per heavy atom. The molecular formula is C9H20OSi3. The zero-order chi connectivity index (χ0) is 9.94. The zero-order valence-corrected chi connectivity index (χ0v) is 14.3. The maximum Gasteiger partial charge on any atom is 0.145 e. The van der Waals surface area contributed by atoms with Crippen LogP contribution >= 0.6 is 0 Å². The lowest BCUT2D eigenvalue weighted by atomic mass is 10.2. The highest BCUT2D eigenvalue weighted by Gasteiger charge is 1.85. The normalized spacial score (nSPS) is 10.2. The van der Waals surface area contributed by atoms with Crippen LogP contribution in [0.2, 0.25) is 0 Å². The van der Waals surface area contributed by atoms with E-state index in [0.29, 0.717) is 9.04 Å². The molecule has 0 aromatic heterocycles. The molecule has 0 saturated heterocycles. The van der Waals surface area contributed by atoms with Gasteiger partial charge in [0.2, 0.25) is 0 Å². The van der Waals surface area contributed by atoms with Crippen LogP contribution in [0.25, 0.3) is 0 Å². The lowest BCUT2D eigenvalue weighted by Crippen LogP contribution is -1.94. The Hall–Kier alpha value is -0.169. The molecule has 0 aliphatic heterocycles. The predicted molar refractivity (Wildman–Crippen MR) is 70.2 cm³/mol. The molecule has 1 nitrogen and oxygen atoms in total. The van der Waals surface area contributed by atoms with Crippen molar-refractivity contribution in [3.05, 3.63) is 35.9 Å². The fourth-order valence-electron chi connectivity index (χ4n) is 0.933. The molecule has 0 atom stereocenters. The minimum Gasteiger partial charge on any atom is -0.428 e. The van der Waals surface area contributed by atoms with Gasteiger partial charge in [0.25, 0.3) is 0 Å². The van der Waals surface area contributed by atoms with Crippen molar-refractivity contribution in [2.75, 3.05) is 6.61 Å². The molecule has 74 valence electrons. The average Bonchev–Trinajstić information content (AvgIpc) is 2.20. The quantitative estimate of drug-likeness (QED) is 0.600. The van der Waals surface area contributed by atoms with Gasteiger partial charge < -0.3 is 4.43 Å². The number of hydrogen-bond acceptors (Lipinski definition) is 1. The first-order valence-electron chi connectivity index (χ1n) is 4.88. The molecular weight excluding hydrogens is 208 g/mol. The van der Waals surface area contributed by atoms with E-state index in [1.54, 1.807) is 5.56 Å². The van der Waals surface area contributed by atoms with E-state index in [0.717, 1.165) is 17.1 Å². The Balaban J connectivity index is 0.000000310. The first kappa shape index (κ1) is 12.8. The molecule has 0 heterocycles. The molecule has 13 heavy (non-hydrogen) atoms. The molecule has 4 heteroatoms. The van der Waals surface area contributed by atoms with E-state index < -0.39 is 0 Å². The Morgan fingerprint density at radius 2 is 1.85 bits per heavy atom. The van der Waals surface area contributed by atoms with Crippen molar-refractivity contribution in [3.8, 4) is 0 Å². The fourth-order valence-corrected chi connectivity index (χ4v) is 3.58. The maximum absolute atomic E-state index is 4.68. The minimum atomic E-state index is 0.355. The monoisotopic (exact) mass is 228 g/mol. The average molecular weight is 229 g/mol. The minimum absolute atomic E-state index is 0.355. The van der Waals surface area contributed by atoms with Gasteiger partial charge in [0.05, 0.1) is 0 Å². The van der Waals surface area contributed by atoms with E-state index in [-0.39, 0.29) is 0 Å². The summed E-state index contributed by atoms with van der Waals surface area (Å²) in [6, 6.07) is 12.2. The van der Waals surface area contributed by atoms with Gasteiger partial charge in [-0.3, -0.25) is 0 Å². The van der Waals surface area contributed by atoms with Crippen LogP contribution in [-0.4, -0.2) is 35.9 Å². The summed E-state index contributed by atoms with van der Waals surface area (Å²) < 4.78 is 4.68. The molecule has 0 bridgehead atoms. The summed E-state index contributed by atoms with van der Waals surface area (Å²) in [7, 11) is 2.71. The third-order valence-electron chi connectivity index (χ3n) is 1.67. The predicted octanol–water partition coefficient (Wildman–Crippen LogP) is -1.06. The van der Waals surface area contributed by atoms with Crippen molar-refractivity contribution in [1.29, 1.82) is 0 Å². The van der Waals surface area contributed by atoms with Gasteiger partial charge in [-0.1, -0.05) is 35.9 Å². The van der Waals surface area contributed by atoms with Gasteiger partial charge in [0, 0.05) is 15.6 Å². The molecule has 1 aromatic carbocycles. The molecule has 0 aliphatic rings. The topological polar surface area (TPSA) is 9.23 Å². The van der Waals surface area contributed by atoms with Crippen LogP contribution in [0.5, 0.6) is 0 Å². The number of benzene rings is 1. The SMILES string of the molecule is CCO[SiH3].[SiH3][SiH2]Cc1ccccc1. The van der Waals surface area contributed by atoms with Crippen molar-refractivity contribution in [2.24, 2.45) is 0 Å². The second-order valence-electron chi connectivity index (χ2n) is 2.81. The van der Waals surface area contributed by atoms with Crippen LogP contribution in [0.1, 0.15) is 12.5 Å². The third-order valence-corrected chi connectivity index (χ3v) is 4.82. The largest absolute Gasteiger partial charge is 0.428 e. The summed E-state index contributed by atoms with van der Waals surface area (Å²) in [5.41, 5.74) is 1.54. The third kappa shape index (κ3) is 8.17. The van der Waals surface area contributed by atoms with E-state index in [1.807, 2.05) is 6.92 Å². The first-order chi connectivity index (χ1) is 6.35. The highest BCUT2D eigenvalue weighted by atomic mass is 29.1. The summed E-state index contributed by atoms with van der Waals surface area (Å²) in [4.78, 5) is 0. The summed E-state index contributed by atoms with van der Waals surface area (Å²) in [5.74, 6) is 0. The van der Waals surface area contributed by atoms with E-state index >= 15 is 0 Å². The van der Waals surface area contributed by atoms with Crippen molar-refractivity contribution >= 4 is 29.3 Å². The standard InChI is InChI=1S/C7H12Si2.C2H8OSi/c8-9-6-7-4-2-1-3-5-7;1-2-3-4/h1-5H,6,9H2,8H3;2H2,1,4H3. The lowest BCUT2D eigenvalue weighted by Gasteiger charge is -1.93. The Bertz CT molecular complexity index is 189. The Labute approximate surface area is 89.5 Å². The van der Waals surface area contributed by atoms with Crippen molar-refractivity contribution in [3.63, 3.8) is 0 Å². The van der Waals surface area contributed by atoms with Crippen LogP contribution < -0.4 is 0 Å². The molecule has 0 fully saturated rings. The summed E-state index contributed by atoms with van der Waals surface area (Å²) >= 11 is 0. The van der Waals surface area contributed by atoms with E-state index in [4.69, 9.17) is 0 Å². The number of rotatable bonds is 3. The molecule has 0 N–H and O–H groups in total. The fraction of sp³-hybridized carbons (Fsp3) is 0.333. The van der Waals surface area contributed by atoms with Gasteiger partial charge in [-0.05, 0) is 22.7 Å². The maximum atomic E-state index is 4.68.